The van der Waals surface area contributed by atoms with Gasteiger partial charge in [-0.1, -0.05) is 60.7 Å². The van der Waals surface area contributed by atoms with Gasteiger partial charge in [-0.2, -0.15) is 0 Å². The molecule has 1 atom stereocenters. The maximum atomic E-state index is 12.5. The molecule has 6 heteroatoms. The van der Waals surface area contributed by atoms with Gasteiger partial charge in [0.25, 0.3) is 5.91 Å². The van der Waals surface area contributed by atoms with Gasteiger partial charge in [-0.05, 0) is 23.6 Å². The van der Waals surface area contributed by atoms with E-state index in [1.54, 1.807) is 48.5 Å². The average Bonchev–Trinajstić information content (AvgIpc) is 2.62. The number of rotatable bonds is 7. The lowest BCUT2D eigenvalue weighted by atomic mass is 10.1. The highest BCUT2D eigenvalue weighted by Crippen LogP contribution is 2.07. The lowest BCUT2D eigenvalue weighted by Gasteiger charge is -2.21. The highest BCUT2D eigenvalue weighted by molar-refractivity contribution is 6.02. The molecule has 0 saturated carbocycles. The maximum Gasteiger partial charge on any atom is 0.268 e. The lowest BCUT2D eigenvalue weighted by molar-refractivity contribution is -0.308. The van der Waals surface area contributed by atoms with Gasteiger partial charge in [-0.15, -0.1) is 0 Å². The van der Waals surface area contributed by atoms with Crippen molar-refractivity contribution in [3.05, 3.63) is 77.5 Å². The zero-order valence-corrected chi connectivity index (χ0v) is 14.3. The van der Waals surface area contributed by atoms with Crippen LogP contribution in [-0.4, -0.2) is 23.8 Å². The van der Waals surface area contributed by atoms with E-state index in [1.807, 2.05) is 12.1 Å². The second-order valence-electron chi connectivity index (χ2n) is 5.68. The number of carbonyl (C=O) groups is 3. The number of aliphatic carboxylic acids is 1. The van der Waals surface area contributed by atoms with Gasteiger partial charge in [0.05, 0.1) is 12.0 Å². The Morgan fingerprint density at radius 3 is 2.12 bits per heavy atom. The molecule has 2 aromatic carbocycles. The number of carboxylic acid groups (broad SMARTS) is 1. The minimum absolute atomic E-state index is 0.0389. The number of amides is 2. The Bertz CT molecular complexity index is 801. The summed E-state index contributed by atoms with van der Waals surface area (Å²) in [5.74, 6) is -2.53. The molecule has 2 N–H and O–H groups in total. The zero-order chi connectivity index (χ0) is 18.9. The summed E-state index contributed by atoms with van der Waals surface area (Å²) in [5.41, 5.74) is 1.40. The molecule has 0 fully saturated rings. The monoisotopic (exact) mass is 351 g/mol. The van der Waals surface area contributed by atoms with Gasteiger partial charge in [0, 0.05) is 6.92 Å². The predicted molar refractivity (Wildman–Crippen MR) is 95.3 cm³/mol. The predicted octanol–water partition coefficient (Wildman–Crippen LogP) is 0.641. The molecule has 0 aromatic heterocycles. The van der Waals surface area contributed by atoms with E-state index in [0.717, 1.165) is 5.56 Å². The molecule has 134 valence electrons. The third kappa shape index (κ3) is 5.90. The summed E-state index contributed by atoms with van der Waals surface area (Å²) >= 11 is 0. The van der Waals surface area contributed by atoms with Crippen LogP contribution in [0.25, 0.3) is 6.08 Å². The van der Waals surface area contributed by atoms with E-state index in [2.05, 4.69) is 10.6 Å². The number of carboxylic acids is 1. The Kier molecular flexibility index (Phi) is 6.68. The first kappa shape index (κ1) is 18.9. The Hall–Kier alpha value is -3.41. The van der Waals surface area contributed by atoms with Gasteiger partial charge in [0.2, 0.25) is 5.91 Å². The van der Waals surface area contributed by atoms with Gasteiger partial charge in [-0.3, -0.25) is 9.59 Å². The average molecular weight is 351 g/mol. The van der Waals surface area contributed by atoms with Gasteiger partial charge < -0.3 is 20.5 Å². The molecule has 2 aromatic rings. The van der Waals surface area contributed by atoms with E-state index in [9.17, 15) is 19.5 Å². The summed E-state index contributed by atoms with van der Waals surface area (Å²) in [6.07, 6.45) is 1.55. The first-order valence-electron chi connectivity index (χ1n) is 8.05. The molecule has 26 heavy (non-hydrogen) atoms. The number of benzene rings is 2. The van der Waals surface area contributed by atoms with E-state index in [1.165, 1.54) is 13.0 Å². The van der Waals surface area contributed by atoms with Crippen LogP contribution in [-0.2, 0) is 20.8 Å². The molecular formula is C20H19N2O4-. The van der Waals surface area contributed by atoms with E-state index in [4.69, 9.17) is 0 Å². The van der Waals surface area contributed by atoms with Crippen molar-refractivity contribution in [2.24, 2.45) is 0 Å². The Morgan fingerprint density at radius 2 is 1.58 bits per heavy atom. The molecule has 2 amide bonds. The first-order valence-corrected chi connectivity index (χ1v) is 8.05. The number of carbonyl (C=O) groups excluding carboxylic acids is 3. The van der Waals surface area contributed by atoms with E-state index >= 15 is 0 Å². The summed E-state index contributed by atoms with van der Waals surface area (Å²) in [6, 6.07) is 16.6. The smallest absolute Gasteiger partial charge is 0.268 e. The lowest BCUT2D eigenvalue weighted by Crippen LogP contribution is -2.50. The van der Waals surface area contributed by atoms with Crippen LogP contribution >= 0.6 is 0 Å². The number of nitrogens with one attached hydrogen (secondary N) is 2. The van der Waals surface area contributed by atoms with Crippen LogP contribution in [0, 0.1) is 0 Å². The zero-order valence-electron chi connectivity index (χ0n) is 14.3. The standard InChI is InChI=1S/C20H20N2O4/c1-14(23)21-17(12-15-8-4-2-5-9-15)19(24)22-18(20(25)26)13-16-10-6-3-7-11-16/h2-12,18H,13H2,1H3,(H,21,23)(H,22,24)(H,25,26)/p-1/t18-/m1/s1. The molecule has 0 bridgehead atoms. The van der Waals surface area contributed by atoms with Crippen molar-refractivity contribution in [2.75, 3.05) is 0 Å². The van der Waals surface area contributed by atoms with Crippen molar-refractivity contribution >= 4 is 23.9 Å². The van der Waals surface area contributed by atoms with Gasteiger partial charge in [-0.25, -0.2) is 0 Å². The molecule has 0 aliphatic rings. The van der Waals surface area contributed by atoms with Gasteiger partial charge in [0.1, 0.15) is 5.70 Å². The highest BCUT2D eigenvalue weighted by Gasteiger charge is 2.18. The van der Waals surface area contributed by atoms with E-state index < -0.39 is 23.8 Å². The van der Waals surface area contributed by atoms with Crippen LogP contribution in [0.15, 0.2) is 66.4 Å². The van der Waals surface area contributed by atoms with Crippen LogP contribution < -0.4 is 15.7 Å². The molecule has 0 aliphatic carbocycles. The molecule has 2 rings (SSSR count). The number of hydrogen-bond donors (Lipinski definition) is 2. The molecule has 0 heterocycles. The molecule has 0 radical (unpaired) electrons. The molecular weight excluding hydrogens is 332 g/mol. The van der Waals surface area contributed by atoms with Crippen molar-refractivity contribution in [3.8, 4) is 0 Å². The van der Waals surface area contributed by atoms with Crippen LogP contribution in [0.4, 0.5) is 0 Å². The fourth-order valence-electron chi connectivity index (χ4n) is 2.34. The van der Waals surface area contributed by atoms with Crippen LogP contribution in [0.1, 0.15) is 18.1 Å². The Morgan fingerprint density at radius 1 is 1.00 bits per heavy atom. The fraction of sp³-hybridized carbons (Fsp3) is 0.150. The summed E-state index contributed by atoms with van der Waals surface area (Å²) in [4.78, 5) is 35.3. The van der Waals surface area contributed by atoms with Crippen molar-refractivity contribution in [1.82, 2.24) is 10.6 Å². The summed E-state index contributed by atoms with van der Waals surface area (Å²) in [6.45, 7) is 1.27. The van der Waals surface area contributed by atoms with Crippen LogP contribution in [0.5, 0.6) is 0 Å². The largest absolute Gasteiger partial charge is 0.548 e. The molecule has 0 spiro atoms. The SMILES string of the molecule is CC(=O)NC(=Cc1ccccc1)C(=O)N[C@H](Cc1ccccc1)C(=O)[O-]. The Labute approximate surface area is 151 Å². The fourth-order valence-corrected chi connectivity index (χ4v) is 2.34. The normalized spacial score (nSPS) is 12.1. The minimum atomic E-state index is -1.40. The second-order valence-corrected chi connectivity index (χ2v) is 5.68. The van der Waals surface area contributed by atoms with Crippen molar-refractivity contribution in [3.63, 3.8) is 0 Å². The quantitative estimate of drug-likeness (QED) is 0.715. The highest BCUT2D eigenvalue weighted by atomic mass is 16.4. The Balaban J connectivity index is 2.19. The van der Waals surface area contributed by atoms with Crippen LogP contribution in [0.2, 0.25) is 0 Å². The van der Waals surface area contributed by atoms with Crippen molar-refractivity contribution < 1.29 is 19.5 Å². The summed E-state index contributed by atoms with van der Waals surface area (Å²) in [5, 5.41) is 16.2. The molecule has 0 saturated heterocycles. The van der Waals surface area contributed by atoms with E-state index in [0.29, 0.717) is 5.56 Å². The second kappa shape index (κ2) is 9.17. The summed E-state index contributed by atoms with van der Waals surface area (Å²) in [7, 11) is 0. The van der Waals surface area contributed by atoms with Crippen molar-refractivity contribution in [2.45, 2.75) is 19.4 Å². The van der Waals surface area contributed by atoms with E-state index in [-0.39, 0.29) is 12.1 Å². The first-order chi connectivity index (χ1) is 12.5. The molecule has 0 unspecified atom stereocenters. The molecule has 6 nitrogen and oxygen atoms in total. The topological polar surface area (TPSA) is 98.3 Å². The molecule has 0 aliphatic heterocycles. The van der Waals surface area contributed by atoms with Crippen LogP contribution in [0.3, 0.4) is 0 Å². The third-order valence-electron chi connectivity index (χ3n) is 3.54. The van der Waals surface area contributed by atoms with Gasteiger partial charge in [0.15, 0.2) is 0 Å². The number of hydrogen-bond acceptors (Lipinski definition) is 4. The minimum Gasteiger partial charge on any atom is -0.548 e. The summed E-state index contributed by atoms with van der Waals surface area (Å²) < 4.78 is 0. The van der Waals surface area contributed by atoms with Gasteiger partial charge >= 0.3 is 0 Å². The van der Waals surface area contributed by atoms with Crippen molar-refractivity contribution in [1.29, 1.82) is 0 Å². The maximum absolute atomic E-state index is 12.5. The third-order valence-corrected chi connectivity index (χ3v) is 3.54.